The summed E-state index contributed by atoms with van der Waals surface area (Å²) in [6.45, 7) is 4.21. The molecular formula is C15H20N4OS. The van der Waals surface area contributed by atoms with E-state index in [-0.39, 0.29) is 5.91 Å². The van der Waals surface area contributed by atoms with Crippen molar-refractivity contribution in [1.82, 2.24) is 14.8 Å². The van der Waals surface area contributed by atoms with Gasteiger partial charge in [0.15, 0.2) is 5.16 Å². The van der Waals surface area contributed by atoms with Crippen LogP contribution in [0.3, 0.4) is 0 Å². The summed E-state index contributed by atoms with van der Waals surface area (Å²) in [6, 6.07) is 6.46. The van der Waals surface area contributed by atoms with Crippen LogP contribution >= 0.6 is 11.8 Å². The minimum absolute atomic E-state index is 0.299. The Bertz CT molecular complexity index is 651. The molecule has 0 saturated carbocycles. The van der Waals surface area contributed by atoms with Gasteiger partial charge in [0.25, 0.3) is 0 Å². The fourth-order valence-electron chi connectivity index (χ4n) is 2.02. The molecule has 112 valence electrons. The molecule has 0 atom stereocenters. The number of rotatable bonds is 6. The number of benzene rings is 1. The second kappa shape index (κ2) is 6.76. The Morgan fingerprint density at radius 1 is 1.33 bits per heavy atom. The number of carbonyl (C=O) groups is 1. The highest BCUT2D eigenvalue weighted by Crippen LogP contribution is 2.23. The number of carbonyl (C=O) groups excluding carboxylic acids is 1. The monoisotopic (exact) mass is 304 g/mol. The molecule has 21 heavy (non-hydrogen) atoms. The summed E-state index contributed by atoms with van der Waals surface area (Å²) in [5.74, 6) is 1.33. The number of hydrogen-bond donors (Lipinski definition) is 1. The number of primary amides is 1. The topological polar surface area (TPSA) is 73.8 Å². The lowest BCUT2D eigenvalue weighted by Gasteiger charge is -2.07. The van der Waals surface area contributed by atoms with Crippen molar-refractivity contribution in [3.05, 3.63) is 40.7 Å². The van der Waals surface area contributed by atoms with Gasteiger partial charge in [-0.2, -0.15) is 0 Å². The minimum Gasteiger partial charge on any atom is -0.370 e. The van der Waals surface area contributed by atoms with E-state index in [9.17, 15) is 4.79 Å². The number of nitrogens with zero attached hydrogens (tertiary/aromatic N) is 3. The molecule has 2 N–H and O–H groups in total. The van der Waals surface area contributed by atoms with Gasteiger partial charge in [0, 0.05) is 25.6 Å². The van der Waals surface area contributed by atoms with E-state index in [1.807, 2.05) is 11.6 Å². The molecule has 1 aromatic carbocycles. The first-order valence-electron chi connectivity index (χ1n) is 6.83. The number of hydrogen-bond acceptors (Lipinski definition) is 4. The van der Waals surface area contributed by atoms with E-state index < -0.39 is 0 Å². The Morgan fingerprint density at radius 2 is 2.10 bits per heavy atom. The maximum atomic E-state index is 10.8. The maximum absolute atomic E-state index is 10.8. The molecule has 5 nitrogen and oxygen atoms in total. The molecule has 0 spiro atoms. The molecule has 0 radical (unpaired) electrons. The van der Waals surface area contributed by atoms with E-state index in [0.29, 0.717) is 12.8 Å². The van der Waals surface area contributed by atoms with Crippen LogP contribution in [-0.4, -0.2) is 20.7 Å². The normalized spacial score (nSPS) is 10.8. The van der Waals surface area contributed by atoms with E-state index in [2.05, 4.69) is 42.2 Å². The van der Waals surface area contributed by atoms with Crippen molar-refractivity contribution in [1.29, 1.82) is 0 Å². The minimum atomic E-state index is -0.317. The number of nitrogens with two attached hydrogens (primary N) is 1. The van der Waals surface area contributed by atoms with Gasteiger partial charge in [0.2, 0.25) is 5.91 Å². The SMILES string of the molecule is Cc1ccc(C)c(CSc2nnc(CCC(N)=O)n2C)c1. The molecule has 0 aliphatic rings. The van der Waals surface area contributed by atoms with Crippen molar-refractivity contribution < 1.29 is 4.79 Å². The lowest BCUT2D eigenvalue weighted by molar-refractivity contribution is -0.118. The van der Waals surface area contributed by atoms with E-state index in [1.54, 1.807) is 11.8 Å². The molecule has 0 aliphatic heterocycles. The lowest BCUT2D eigenvalue weighted by Crippen LogP contribution is -2.12. The first-order valence-corrected chi connectivity index (χ1v) is 7.81. The van der Waals surface area contributed by atoms with Gasteiger partial charge in [-0.25, -0.2) is 0 Å². The summed E-state index contributed by atoms with van der Waals surface area (Å²) in [7, 11) is 1.92. The Balaban J connectivity index is 2.03. The summed E-state index contributed by atoms with van der Waals surface area (Å²) in [5, 5.41) is 9.17. The zero-order valence-corrected chi connectivity index (χ0v) is 13.4. The second-order valence-corrected chi connectivity index (χ2v) is 6.09. The van der Waals surface area contributed by atoms with E-state index in [1.165, 1.54) is 16.7 Å². The molecule has 0 saturated heterocycles. The Labute approximate surface area is 128 Å². The van der Waals surface area contributed by atoms with Crippen LogP contribution in [0, 0.1) is 13.8 Å². The number of aromatic nitrogens is 3. The van der Waals surface area contributed by atoms with E-state index in [0.717, 1.165) is 16.7 Å². The third-order valence-corrected chi connectivity index (χ3v) is 4.45. The highest BCUT2D eigenvalue weighted by Gasteiger charge is 2.11. The second-order valence-electron chi connectivity index (χ2n) is 5.14. The zero-order valence-electron chi connectivity index (χ0n) is 12.6. The maximum Gasteiger partial charge on any atom is 0.217 e. The number of aryl methyl sites for hydroxylation is 3. The van der Waals surface area contributed by atoms with Gasteiger partial charge in [-0.3, -0.25) is 4.79 Å². The van der Waals surface area contributed by atoms with Gasteiger partial charge in [0.05, 0.1) is 0 Å². The van der Waals surface area contributed by atoms with Gasteiger partial charge < -0.3 is 10.3 Å². The van der Waals surface area contributed by atoms with Gasteiger partial charge in [-0.15, -0.1) is 10.2 Å². The van der Waals surface area contributed by atoms with Crippen molar-refractivity contribution in [2.24, 2.45) is 12.8 Å². The van der Waals surface area contributed by atoms with Gasteiger partial charge in [-0.1, -0.05) is 35.5 Å². The van der Waals surface area contributed by atoms with Crippen LogP contribution in [0.4, 0.5) is 0 Å². The van der Waals surface area contributed by atoms with Gasteiger partial charge in [0.1, 0.15) is 5.82 Å². The Kier molecular flexibility index (Phi) is 5.01. The lowest BCUT2D eigenvalue weighted by atomic mass is 10.1. The van der Waals surface area contributed by atoms with Crippen LogP contribution < -0.4 is 5.73 Å². The highest BCUT2D eigenvalue weighted by atomic mass is 32.2. The van der Waals surface area contributed by atoms with Crippen molar-refractivity contribution in [3.63, 3.8) is 0 Å². The summed E-state index contributed by atoms with van der Waals surface area (Å²) in [6.07, 6.45) is 0.830. The largest absolute Gasteiger partial charge is 0.370 e. The standard InChI is InChI=1S/C15H20N4OS/c1-10-4-5-11(2)12(8-10)9-21-15-18-17-14(19(15)3)7-6-13(16)20/h4-5,8H,6-7,9H2,1-3H3,(H2,16,20). The van der Waals surface area contributed by atoms with Crippen LogP contribution in [0.2, 0.25) is 0 Å². The third kappa shape index (κ3) is 4.07. The average Bonchev–Trinajstić information content (AvgIpc) is 2.78. The summed E-state index contributed by atoms with van der Waals surface area (Å²) >= 11 is 1.65. The molecule has 0 aliphatic carbocycles. The molecular weight excluding hydrogens is 284 g/mol. The Hall–Kier alpha value is -1.82. The summed E-state index contributed by atoms with van der Waals surface area (Å²) < 4.78 is 1.93. The summed E-state index contributed by atoms with van der Waals surface area (Å²) in [5.41, 5.74) is 9.01. The molecule has 1 aromatic heterocycles. The molecule has 0 fully saturated rings. The molecule has 2 aromatic rings. The predicted octanol–water partition coefficient (Wildman–Crippen LogP) is 2.14. The van der Waals surface area contributed by atoms with Crippen LogP contribution in [0.5, 0.6) is 0 Å². The van der Waals surface area contributed by atoms with Crippen LogP contribution in [0.25, 0.3) is 0 Å². The third-order valence-electron chi connectivity index (χ3n) is 3.38. The van der Waals surface area contributed by atoms with Crippen molar-refractivity contribution in [3.8, 4) is 0 Å². The zero-order chi connectivity index (χ0) is 15.4. The van der Waals surface area contributed by atoms with Crippen LogP contribution in [0.1, 0.15) is 28.9 Å². The van der Waals surface area contributed by atoms with Crippen LogP contribution in [0.15, 0.2) is 23.4 Å². The van der Waals surface area contributed by atoms with Crippen molar-refractivity contribution in [2.75, 3.05) is 0 Å². The molecule has 0 unspecified atom stereocenters. The van der Waals surface area contributed by atoms with Gasteiger partial charge >= 0.3 is 0 Å². The predicted molar refractivity (Wildman–Crippen MR) is 84.0 cm³/mol. The fraction of sp³-hybridized carbons (Fsp3) is 0.400. The number of thioether (sulfide) groups is 1. The fourth-order valence-corrected chi connectivity index (χ4v) is 3.01. The molecule has 6 heteroatoms. The van der Waals surface area contributed by atoms with Gasteiger partial charge in [-0.05, 0) is 25.0 Å². The van der Waals surface area contributed by atoms with Crippen molar-refractivity contribution in [2.45, 2.75) is 37.6 Å². The molecule has 1 heterocycles. The first kappa shape index (κ1) is 15.6. The quantitative estimate of drug-likeness (QED) is 0.830. The highest BCUT2D eigenvalue weighted by molar-refractivity contribution is 7.98. The average molecular weight is 304 g/mol. The number of amides is 1. The van der Waals surface area contributed by atoms with Crippen molar-refractivity contribution >= 4 is 17.7 Å². The molecule has 1 amide bonds. The van der Waals surface area contributed by atoms with Crippen LogP contribution in [-0.2, 0) is 24.0 Å². The molecule has 0 bridgehead atoms. The summed E-state index contributed by atoms with van der Waals surface area (Å²) in [4.78, 5) is 10.8. The van der Waals surface area contributed by atoms with E-state index in [4.69, 9.17) is 5.73 Å². The van der Waals surface area contributed by atoms with E-state index >= 15 is 0 Å². The molecule has 2 rings (SSSR count). The Morgan fingerprint density at radius 3 is 2.81 bits per heavy atom. The first-order chi connectivity index (χ1) is 9.97. The smallest absolute Gasteiger partial charge is 0.217 e.